The normalized spacial score (nSPS) is 27.2. The standard InChI is InChI=1S/C17H24N4O4/c1-2-25-8-15(22)21-13-4-9-3-11(6-12(9)13)20-17(24)14-5-10(7-19-14)16(18)23/h5,7,9,11-13,19H,2-4,6,8H2,1H3,(H2,18,23)(H,20,24)(H,21,22)/t9-,11+,12-,13+/m0/s1. The number of aromatic amines is 1. The zero-order valence-corrected chi connectivity index (χ0v) is 14.2. The van der Waals surface area contributed by atoms with Gasteiger partial charge < -0.3 is 26.1 Å². The summed E-state index contributed by atoms with van der Waals surface area (Å²) >= 11 is 0. The van der Waals surface area contributed by atoms with Crippen LogP contribution in [-0.2, 0) is 9.53 Å². The molecule has 5 N–H and O–H groups in total. The summed E-state index contributed by atoms with van der Waals surface area (Å²) in [6.45, 7) is 2.47. The van der Waals surface area contributed by atoms with Gasteiger partial charge in [0.1, 0.15) is 12.3 Å². The maximum atomic E-state index is 12.3. The molecule has 0 spiro atoms. The highest BCUT2D eigenvalue weighted by atomic mass is 16.5. The molecule has 8 heteroatoms. The number of hydrogen-bond donors (Lipinski definition) is 4. The molecular formula is C17H24N4O4. The van der Waals surface area contributed by atoms with Crippen molar-refractivity contribution >= 4 is 17.7 Å². The molecule has 2 saturated carbocycles. The van der Waals surface area contributed by atoms with Crippen molar-refractivity contribution in [1.82, 2.24) is 15.6 Å². The van der Waals surface area contributed by atoms with Crippen LogP contribution in [0.5, 0.6) is 0 Å². The fourth-order valence-electron chi connectivity index (χ4n) is 3.88. The summed E-state index contributed by atoms with van der Waals surface area (Å²) < 4.78 is 5.11. The molecule has 0 aliphatic heterocycles. The Morgan fingerprint density at radius 3 is 2.76 bits per heavy atom. The van der Waals surface area contributed by atoms with Gasteiger partial charge in [0.15, 0.2) is 0 Å². The Morgan fingerprint density at radius 2 is 2.08 bits per heavy atom. The third-order valence-electron chi connectivity index (χ3n) is 5.15. The summed E-state index contributed by atoms with van der Waals surface area (Å²) in [7, 11) is 0. The molecule has 0 unspecified atom stereocenters. The van der Waals surface area contributed by atoms with E-state index in [4.69, 9.17) is 10.5 Å². The minimum absolute atomic E-state index is 0.0802. The first-order valence-corrected chi connectivity index (χ1v) is 8.64. The average Bonchev–Trinajstić information content (AvgIpc) is 3.17. The van der Waals surface area contributed by atoms with E-state index in [0.717, 1.165) is 19.3 Å². The molecule has 0 bridgehead atoms. The number of ether oxygens (including phenoxy) is 1. The number of primary amides is 1. The van der Waals surface area contributed by atoms with Crippen LogP contribution in [0.2, 0.25) is 0 Å². The van der Waals surface area contributed by atoms with E-state index in [9.17, 15) is 14.4 Å². The van der Waals surface area contributed by atoms with E-state index in [2.05, 4.69) is 15.6 Å². The van der Waals surface area contributed by atoms with Gasteiger partial charge in [-0.25, -0.2) is 0 Å². The Hall–Kier alpha value is -2.35. The summed E-state index contributed by atoms with van der Waals surface area (Å²) in [4.78, 5) is 37.9. The van der Waals surface area contributed by atoms with E-state index >= 15 is 0 Å². The first-order valence-electron chi connectivity index (χ1n) is 8.64. The minimum atomic E-state index is -0.570. The van der Waals surface area contributed by atoms with Crippen molar-refractivity contribution in [3.05, 3.63) is 23.5 Å². The molecule has 2 aliphatic carbocycles. The van der Waals surface area contributed by atoms with Crippen molar-refractivity contribution in [2.75, 3.05) is 13.2 Å². The fraction of sp³-hybridized carbons (Fsp3) is 0.588. The molecule has 136 valence electrons. The summed E-state index contributed by atoms with van der Waals surface area (Å²) in [5.41, 5.74) is 5.80. The second-order valence-corrected chi connectivity index (χ2v) is 6.78. The first-order chi connectivity index (χ1) is 12.0. The number of nitrogens with two attached hydrogens (primary N) is 1. The molecule has 2 fully saturated rings. The van der Waals surface area contributed by atoms with Crippen LogP contribution in [-0.4, -0.2) is 48.0 Å². The topological polar surface area (TPSA) is 126 Å². The predicted molar refractivity (Wildman–Crippen MR) is 89.8 cm³/mol. The molecule has 25 heavy (non-hydrogen) atoms. The summed E-state index contributed by atoms with van der Waals surface area (Å²) in [5.74, 6) is 0.0481. The highest BCUT2D eigenvalue weighted by Gasteiger charge is 2.48. The third-order valence-corrected chi connectivity index (χ3v) is 5.15. The predicted octanol–water partition coefficient (Wildman–Crippen LogP) is 0.163. The maximum absolute atomic E-state index is 12.3. The molecule has 3 amide bonds. The average molecular weight is 348 g/mol. The summed E-state index contributed by atoms with van der Waals surface area (Å²) in [6, 6.07) is 1.71. The molecule has 2 aliphatic rings. The van der Waals surface area contributed by atoms with Gasteiger partial charge in [0.05, 0.1) is 5.56 Å². The number of amides is 3. The molecule has 0 radical (unpaired) electrons. The molecule has 3 rings (SSSR count). The van der Waals surface area contributed by atoms with Crippen molar-refractivity contribution in [3.8, 4) is 0 Å². The summed E-state index contributed by atoms with van der Waals surface area (Å²) in [5, 5.41) is 6.01. The highest BCUT2D eigenvalue weighted by Crippen LogP contribution is 2.47. The van der Waals surface area contributed by atoms with Crippen LogP contribution in [0.1, 0.15) is 47.0 Å². The number of rotatable bonds is 7. The van der Waals surface area contributed by atoms with Crippen LogP contribution in [0.4, 0.5) is 0 Å². The van der Waals surface area contributed by atoms with Gasteiger partial charge >= 0.3 is 0 Å². The van der Waals surface area contributed by atoms with Crippen LogP contribution in [0.25, 0.3) is 0 Å². The lowest BCUT2D eigenvalue weighted by atomic mass is 9.71. The SMILES string of the molecule is CCOCC(=O)N[C@@H]1C[C@@H]2C[C@@H](NC(=O)c3cc(C(N)=O)c[nH]3)C[C@@H]21. The first kappa shape index (κ1) is 17.5. The van der Waals surface area contributed by atoms with Crippen molar-refractivity contribution in [1.29, 1.82) is 0 Å². The monoisotopic (exact) mass is 348 g/mol. The molecule has 1 aromatic rings. The Kier molecular flexibility index (Phi) is 5.08. The Balaban J connectivity index is 1.47. The maximum Gasteiger partial charge on any atom is 0.267 e. The highest BCUT2D eigenvalue weighted by molar-refractivity contribution is 5.98. The number of carbonyl (C=O) groups is 3. The third kappa shape index (κ3) is 3.84. The van der Waals surface area contributed by atoms with Crippen LogP contribution < -0.4 is 16.4 Å². The Labute approximate surface area is 145 Å². The smallest absolute Gasteiger partial charge is 0.267 e. The largest absolute Gasteiger partial charge is 0.372 e. The van der Waals surface area contributed by atoms with E-state index in [0.29, 0.717) is 24.1 Å². The number of aromatic nitrogens is 1. The van der Waals surface area contributed by atoms with E-state index in [1.807, 2.05) is 6.92 Å². The summed E-state index contributed by atoms with van der Waals surface area (Å²) in [6.07, 6.45) is 4.14. The van der Waals surface area contributed by atoms with E-state index in [1.165, 1.54) is 12.3 Å². The van der Waals surface area contributed by atoms with Gasteiger partial charge in [-0.3, -0.25) is 14.4 Å². The van der Waals surface area contributed by atoms with Gasteiger partial charge in [-0.05, 0) is 44.1 Å². The van der Waals surface area contributed by atoms with Gasteiger partial charge in [-0.1, -0.05) is 0 Å². The number of fused-ring (bicyclic) bond motifs is 1. The van der Waals surface area contributed by atoms with Gasteiger partial charge in [0, 0.05) is 24.9 Å². The number of hydrogen-bond acceptors (Lipinski definition) is 4. The van der Waals surface area contributed by atoms with E-state index in [1.54, 1.807) is 0 Å². The molecule has 8 nitrogen and oxygen atoms in total. The zero-order valence-electron chi connectivity index (χ0n) is 14.2. The van der Waals surface area contributed by atoms with Gasteiger partial charge in [0.2, 0.25) is 11.8 Å². The van der Waals surface area contributed by atoms with Crippen LogP contribution >= 0.6 is 0 Å². The second kappa shape index (κ2) is 7.26. The molecule has 1 heterocycles. The van der Waals surface area contributed by atoms with E-state index in [-0.39, 0.29) is 36.1 Å². The Morgan fingerprint density at radius 1 is 1.28 bits per heavy atom. The van der Waals surface area contributed by atoms with E-state index < -0.39 is 5.91 Å². The van der Waals surface area contributed by atoms with Crippen molar-refractivity contribution < 1.29 is 19.1 Å². The van der Waals surface area contributed by atoms with Gasteiger partial charge in [-0.2, -0.15) is 0 Å². The number of H-pyrrole nitrogens is 1. The molecule has 0 saturated heterocycles. The minimum Gasteiger partial charge on any atom is -0.372 e. The lowest BCUT2D eigenvalue weighted by molar-refractivity contribution is -0.127. The van der Waals surface area contributed by atoms with Crippen molar-refractivity contribution in [2.45, 2.75) is 38.3 Å². The Bertz CT molecular complexity index is 671. The van der Waals surface area contributed by atoms with Crippen LogP contribution in [0.3, 0.4) is 0 Å². The zero-order chi connectivity index (χ0) is 18.0. The fourth-order valence-corrected chi connectivity index (χ4v) is 3.88. The van der Waals surface area contributed by atoms with Crippen molar-refractivity contribution in [2.24, 2.45) is 17.6 Å². The van der Waals surface area contributed by atoms with Gasteiger partial charge in [0.25, 0.3) is 5.91 Å². The number of carbonyl (C=O) groups excluding carboxylic acids is 3. The van der Waals surface area contributed by atoms with Crippen LogP contribution in [0, 0.1) is 11.8 Å². The quantitative estimate of drug-likeness (QED) is 0.560. The lowest BCUT2D eigenvalue weighted by Crippen LogP contribution is -2.51. The number of nitrogens with one attached hydrogen (secondary N) is 3. The van der Waals surface area contributed by atoms with Gasteiger partial charge in [-0.15, -0.1) is 0 Å². The molecular weight excluding hydrogens is 324 g/mol. The molecule has 1 aromatic heterocycles. The molecule has 0 aromatic carbocycles. The van der Waals surface area contributed by atoms with Crippen molar-refractivity contribution in [3.63, 3.8) is 0 Å². The second-order valence-electron chi connectivity index (χ2n) is 6.78. The van der Waals surface area contributed by atoms with Crippen LogP contribution in [0.15, 0.2) is 12.3 Å². The molecule has 4 atom stereocenters. The lowest BCUT2D eigenvalue weighted by Gasteiger charge is -2.40.